The number of carboxylic acid groups (broad SMARTS) is 6. The third kappa shape index (κ3) is 62.0. The average Bonchev–Trinajstić information content (AvgIpc) is 2.88. The standard InChI is InChI=1S/3C10H18O4.2N/c3*11-9(12)7-5-3-1-2-4-6-8-10(13)14;;/h3*1-8H2,(H,11,12)(H,13,14);;/q;;;2*+3/p-6. The molecule has 0 saturated heterocycles. The number of rotatable bonds is 27. The lowest BCUT2D eigenvalue weighted by Gasteiger charge is -2.03. The molecule has 0 bridgehead atoms. The Bertz CT molecular complexity index is 578. The molecular weight excluding hydrogens is 580 g/mol. The molecule has 0 fully saturated rings. The molecule has 0 heterocycles. The normalized spacial score (nSPS) is 9.55. The van der Waals surface area contributed by atoms with Gasteiger partial charge in [0, 0.05) is 35.8 Å². The summed E-state index contributed by atoms with van der Waals surface area (Å²) in [5, 5.41) is 60.2. The topological polar surface area (TPSA) is 302 Å². The molecule has 0 amide bonds. The number of carbonyl (C=O) groups excluding carboxylic acids is 6. The molecule has 0 aromatic heterocycles. The zero-order valence-corrected chi connectivity index (χ0v) is 25.8. The van der Waals surface area contributed by atoms with Gasteiger partial charge in [0.1, 0.15) is 0 Å². The van der Waals surface area contributed by atoms with Crippen LogP contribution in [0.4, 0.5) is 0 Å². The van der Waals surface area contributed by atoms with Gasteiger partial charge in [-0.2, -0.15) is 0 Å². The summed E-state index contributed by atoms with van der Waals surface area (Å²) < 4.78 is 0. The highest BCUT2D eigenvalue weighted by Crippen LogP contribution is 2.09. The maximum Gasteiger partial charge on any atom is 3.00 e. The van der Waals surface area contributed by atoms with E-state index >= 15 is 0 Å². The first-order chi connectivity index (χ1) is 19.9. The molecule has 0 atom stereocenters. The molecule has 0 aliphatic heterocycles. The third-order valence-electron chi connectivity index (χ3n) is 6.04. The second kappa shape index (κ2) is 39.2. The van der Waals surface area contributed by atoms with Gasteiger partial charge >= 0.3 is 12.3 Å². The van der Waals surface area contributed by atoms with Crippen LogP contribution in [0.5, 0.6) is 0 Å². The average molecular weight is 629 g/mol. The summed E-state index contributed by atoms with van der Waals surface area (Å²) in [6, 6.07) is 0. The molecule has 4 radical (unpaired) electrons. The Morgan fingerprint density at radius 1 is 0.227 bits per heavy atom. The van der Waals surface area contributed by atoms with Crippen molar-refractivity contribution in [2.45, 2.75) is 154 Å². The summed E-state index contributed by atoms with van der Waals surface area (Å²) in [4.78, 5) is 60.2. The molecule has 0 unspecified atom stereocenters. The van der Waals surface area contributed by atoms with E-state index in [4.69, 9.17) is 0 Å². The zero-order chi connectivity index (χ0) is 32.4. The molecule has 0 spiro atoms. The quantitative estimate of drug-likeness (QED) is 0.0880. The van der Waals surface area contributed by atoms with Gasteiger partial charge in [0.2, 0.25) is 0 Å². The molecule has 0 aromatic carbocycles. The van der Waals surface area contributed by atoms with E-state index in [9.17, 15) is 59.4 Å². The van der Waals surface area contributed by atoms with Gasteiger partial charge in [-0.1, -0.05) is 77.0 Å². The fourth-order valence-corrected chi connectivity index (χ4v) is 3.74. The number of aliphatic carboxylic acids is 6. The van der Waals surface area contributed by atoms with Gasteiger partial charge in [0.05, 0.1) is 0 Å². The van der Waals surface area contributed by atoms with Crippen LogP contribution in [-0.4, -0.2) is 35.8 Å². The van der Waals surface area contributed by atoms with Gasteiger partial charge < -0.3 is 59.4 Å². The Balaban J connectivity index is -0.000000169. The Hall–Kier alpha value is -3.76. The van der Waals surface area contributed by atoms with Crippen LogP contribution in [0, 0.1) is 0 Å². The van der Waals surface area contributed by atoms with E-state index in [2.05, 4.69) is 0 Å². The minimum atomic E-state index is -0.998. The highest BCUT2D eigenvalue weighted by Gasteiger charge is 3.00. The molecule has 0 aromatic rings. The lowest BCUT2D eigenvalue weighted by molar-refractivity contribution is -0.307. The molecule has 0 aliphatic rings. The molecule has 0 N–H and O–H groups in total. The lowest BCUT2D eigenvalue weighted by Crippen LogP contribution is -2.21. The fraction of sp³-hybridized carbons (Fsp3) is 0.800. The second-order valence-corrected chi connectivity index (χ2v) is 10.1. The van der Waals surface area contributed by atoms with Crippen molar-refractivity contribution in [3.8, 4) is 0 Å². The van der Waals surface area contributed by atoms with E-state index in [1.54, 1.807) is 0 Å². The van der Waals surface area contributed by atoms with E-state index in [0.29, 0.717) is 38.5 Å². The number of nitrogens with zero attached hydrogens (tertiary/aromatic N) is 2. The van der Waals surface area contributed by atoms with Crippen LogP contribution in [0.25, 0.3) is 0 Å². The first-order valence-corrected chi connectivity index (χ1v) is 15.1. The molecule has 44 heavy (non-hydrogen) atoms. The maximum absolute atomic E-state index is 10.0. The van der Waals surface area contributed by atoms with E-state index < -0.39 is 35.8 Å². The van der Waals surface area contributed by atoms with Crippen LogP contribution in [0.1, 0.15) is 154 Å². The van der Waals surface area contributed by atoms with Gasteiger partial charge in [0.15, 0.2) is 0 Å². The van der Waals surface area contributed by atoms with Gasteiger partial charge in [-0.25, -0.2) is 0 Å². The molecule has 0 saturated carbocycles. The van der Waals surface area contributed by atoms with Crippen molar-refractivity contribution in [1.29, 1.82) is 0 Å². The van der Waals surface area contributed by atoms with Crippen LogP contribution in [0.2, 0.25) is 0 Å². The highest BCUT2D eigenvalue weighted by molar-refractivity contribution is 5.65. The van der Waals surface area contributed by atoms with Gasteiger partial charge in [0.25, 0.3) is 0 Å². The Kier molecular flexibility index (Phi) is 44.5. The monoisotopic (exact) mass is 628 g/mol. The van der Waals surface area contributed by atoms with E-state index in [-0.39, 0.29) is 50.8 Å². The van der Waals surface area contributed by atoms with Crippen molar-refractivity contribution in [1.82, 2.24) is 12.3 Å². The van der Waals surface area contributed by atoms with Gasteiger partial charge in [-0.15, -0.1) is 0 Å². The number of unbranched alkanes of at least 4 members (excludes halogenated alkanes) is 15. The highest BCUT2D eigenvalue weighted by atomic mass is 16.4. The lowest BCUT2D eigenvalue weighted by atomic mass is 10.1. The van der Waals surface area contributed by atoms with E-state index in [0.717, 1.165) is 77.0 Å². The first kappa shape index (κ1) is 49.9. The van der Waals surface area contributed by atoms with E-state index in [1.165, 1.54) is 0 Å². The van der Waals surface area contributed by atoms with Crippen LogP contribution in [-0.2, 0) is 28.8 Å². The van der Waals surface area contributed by atoms with E-state index in [1.807, 2.05) is 0 Å². The van der Waals surface area contributed by atoms with Crippen LogP contribution in [0.15, 0.2) is 0 Å². The number of hydrogen-bond acceptors (Lipinski definition) is 12. The van der Waals surface area contributed by atoms with Crippen LogP contribution < -0.4 is 42.9 Å². The molecule has 14 heteroatoms. The Labute approximate surface area is 261 Å². The maximum atomic E-state index is 10.0. The Morgan fingerprint density at radius 2 is 0.318 bits per heavy atom. The summed E-state index contributed by atoms with van der Waals surface area (Å²) in [7, 11) is 0. The summed E-state index contributed by atoms with van der Waals surface area (Å²) in [6.45, 7) is 0. The number of carbonyl (C=O) groups is 6. The summed E-state index contributed by atoms with van der Waals surface area (Å²) in [6.07, 6.45) is 15.7. The van der Waals surface area contributed by atoms with Crippen molar-refractivity contribution < 1.29 is 59.4 Å². The zero-order valence-electron chi connectivity index (χ0n) is 25.8. The summed E-state index contributed by atoms with van der Waals surface area (Å²) >= 11 is 0. The Morgan fingerprint density at radius 3 is 0.409 bits per heavy atom. The van der Waals surface area contributed by atoms with Crippen molar-refractivity contribution >= 4 is 35.8 Å². The second-order valence-electron chi connectivity index (χ2n) is 10.1. The van der Waals surface area contributed by atoms with Crippen molar-refractivity contribution in [2.24, 2.45) is 0 Å². The van der Waals surface area contributed by atoms with Gasteiger partial charge in [-0.05, 0) is 77.0 Å². The molecule has 14 nitrogen and oxygen atoms in total. The molecule has 0 aliphatic carbocycles. The SMILES string of the molecule is O=C([O-])CCCCCCCCC(=O)[O-].O=C([O-])CCCCCCCCC(=O)[O-].O=C([O-])CCCCCCCCC(=O)[O-].[N+3].[N+3]. The number of hydrogen-bond donors (Lipinski definition) is 0. The summed E-state index contributed by atoms with van der Waals surface area (Å²) in [5.74, 6) is -5.99. The predicted octanol–water partition coefficient (Wildman–Crippen LogP) is -2.14. The van der Waals surface area contributed by atoms with Crippen molar-refractivity contribution in [3.05, 3.63) is 0 Å². The van der Waals surface area contributed by atoms with Crippen LogP contribution >= 0.6 is 0 Å². The third-order valence-corrected chi connectivity index (χ3v) is 6.04. The molecule has 0 rings (SSSR count). The predicted molar refractivity (Wildman–Crippen MR) is 145 cm³/mol. The minimum Gasteiger partial charge on any atom is -0.550 e. The van der Waals surface area contributed by atoms with Crippen LogP contribution in [0.3, 0.4) is 0 Å². The largest absolute Gasteiger partial charge is 3.00 e. The number of carboxylic acids is 6. The minimum absolute atomic E-state index is 0. The van der Waals surface area contributed by atoms with Crippen molar-refractivity contribution in [3.63, 3.8) is 0 Å². The fourth-order valence-electron chi connectivity index (χ4n) is 3.74. The first-order valence-electron chi connectivity index (χ1n) is 15.1. The molecular formula is C30H48N2O12. The smallest absolute Gasteiger partial charge is 0.550 e. The van der Waals surface area contributed by atoms with Gasteiger partial charge in [-0.3, -0.25) is 0 Å². The molecule has 250 valence electrons. The van der Waals surface area contributed by atoms with Crippen molar-refractivity contribution in [2.75, 3.05) is 0 Å². The summed E-state index contributed by atoms with van der Waals surface area (Å²) in [5.41, 5.74) is 0.